The summed E-state index contributed by atoms with van der Waals surface area (Å²) >= 11 is 1.81. The molecule has 0 saturated carbocycles. The molecular weight excluding hydrogens is 178 g/mol. The highest BCUT2D eigenvalue weighted by Gasteiger charge is 2.08. The molecule has 0 aliphatic heterocycles. The molecule has 1 nitrogen and oxygen atoms in total. The van der Waals surface area contributed by atoms with Crippen LogP contribution in [0.25, 0.3) is 0 Å². The molecule has 0 aliphatic rings. The average Bonchev–Trinajstić information content (AvgIpc) is 2.57. The van der Waals surface area contributed by atoms with E-state index < -0.39 is 0 Å². The van der Waals surface area contributed by atoms with Gasteiger partial charge in [-0.05, 0) is 31.8 Å². The van der Waals surface area contributed by atoms with Crippen molar-refractivity contribution in [1.29, 1.82) is 0 Å². The Kier molecular flexibility index (Phi) is 4.01. The Balaban J connectivity index is 2.42. The fraction of sp³-hybridized carbons (Fsp3) is 0.455. The molecule has 0 aliphatic carbocycles. The maximum atomic E-state index is 5.25. The van der Waals surface area contributed by atoms with Gasteiger partial charge in [0.05, 0.1) is 6.54 Å². The first-order valence-electron chi connectivity index (χ1n) is 4.40. The van der Waals surface area contributed by atoms with Crippen molar-refractivity contribution in [2.24, 2.45) is 0 Å². The Morgan fingerprint density at radius 2 is 2.46 bits per heavy atom. The third-order valence-corrected chi connectivity index (χ3v) is 3.07. The van der Waals surface area contributed by atoms with E-state index in [-0.39, 0.29) is 0 Å². The van der Waals surface area contributed by atoms with E-state index in [1.807, 2.05) is 11.3 Å². The molecule has 1 atom stereocenters. The van der Waals surface area contributed by atoms with Crippen LogP contribution in [0.2, 0.25) is 0 Å². The van der Waals surface area contributed by atoms with Gasteiger partial charge in [0, 0.05) is 10.9 Å². The van der Waals surface area contributed by atoms with Crippen molar-refractivity contribution in [3.8, 4) is 12.3 Å². The van der Waals surface area contributed by atoms with E-state index in [0.717, 1.165) is 13.0 Å². The lowest BCUT2D eigenvalue weighted by Gasteiger charge is -2.21. The van der Waals surface area contributed by atoms with Crippen LogP contribution < -0.4 is 0 Å². The van der Waals surface area contributed by atoms with Crippen LogP contribution in [0.15, 0.2) is 17.5 Å². The van der Waals surface area contributed by atoms with Crippen LogP contribution in [0.3, 0.4) is 0 Å². The molecule has 1 heterocycles. The zero-order valence-corrected chi connectivity index (χ0v) is 8.97. The first kappa shape index (κ1) is 10.3. The minimum Gasteiger partial charge on any atom is -0.292 e. The Labute approximate surface area is 84.4 Å². The lowest BCUT2D eigenvalue weighted by Crippen LogP contribution is -2.30. The van der Waals surface area contributed by atoms with E-state index in [0.29, 0.717) is 6.04 Å². The van der Waals surface area contributed by atoms with Gasteiger partial charge in [0.1, 0.15) is 0 Å². The van der Waals surface area contributed by atoms with E-state index in [4.69, 9.17) is 6.42 Å². The lowest BCUT2D eigenvalue weighted by molar-refractivity contribution is 0.288. The normalized spacial score (nSPS) is 12.8. The maximum absolute atomic E-state index is 5.25. The van der Waals surface area contributed by atoms with Crippen molar-refractivity contribution >= 4 is 11.3 Å². The Bertz CT molecular complexity index is 271. The van der Waals surface area contributed by atoms with Gasteiger partial charge >= 0.3 is 0 Å². The van der Waals surface area contributed by atoms with E-state index >= 15 is 0 Å². The van der Waals surface area contributed by atoms with Gasteiger partial charge in [-0.25, -0.2) is 0 Å². The third kappa shape index (κ3) is 3.22. The van der Waals surface area contributed by atoms with Gasteiger partial charge in [0.25, 0.3) is 0 Å². The van der Waals surface area contributed by atoms with Gasteiger partial charge in [-0.15, -0.1) is 17.8 Å². The molecule has 1 aromatic rings. The highest BCUT2D eigenvalue weighted by Crippen LogP contribution is 2.12. The van der Waals surface area contributed by atoms with E-state index in [1.165, 1.54) is 4.88 Å². The van der Waals surface area contributed by atoms with Gasteiger partial charge in [-0.1, -0.05) is 12.0 Å². The van der Waals surface area contributed by atoms with Crippen LogP contribution in [0.1, 0.15) is 11.8 Å². The highest BCUT2D eigenvalue weighted by molar-refractivity contribution is 7.09. The standard InChI is InChI=1S/C11H15NS/c1-4-7-12(3)10(2)9-11-6-5-8-13-11/h1,5-6,8,10H,7,9H2,2-3H3. The Morgan fingerprint density at radius 1 is 1.69 bits per heavy atom. The van der Waals surface area contributed by atoms with Crippen molar-refractivity contribution in [3.05, 3.63) is 22.4 Å². The molecule has 0 N–H and O–H groups in total. The molecule has 0 radical (unpaired) electrons. The second-order valence-electron chi connectivity index (χ2n) is 3.25. The van der Waals surface area contributed by atoms with Gasteiger partial charge in [-0.2, -0.15) is 0 Å². The predicted molar refractivity (Wildman–Crippen MR) is 58.9 cm³/mol. The molecule has 0 spiro atoms. The summed E-state index contributed by atoms with van der Waals surface area (Å²) in [7, 11) is 2.07. The summed E-state index contributed by atoms with van der Waals surface area (Å²) in [5, 5.41) is 2.11. The monoisotopic (exact) mass is 193 g/mol. The smallest absolute Gasteiger partial charge is 0.0598 e. The fourth-order valence-corrected chi connectivity index (χ4v) is 2.00. The molecule has 2 heteroatoms. The highest BCUT2D eigenvalue weighted by atomic mass is 32.1. The molecule has 0 fully saturated rings. The van der Waals surface area contributed by atoms with E-state index in [1.54, 1.807) is 0 Å². The summed E-state index contributed by atoms with van der Waals surface area (Å²) in [6, 6.07) is 4.79. The number of rotatable bonds is 4. The Morgan fingerprint density at radius 3 is 3.00 bits per heavy atom. The van der Waals surface area contributed by atoms with Crippen LogP contribution in [0.4, 0.5) is 0 Å². The molecule has 1 aromatic heterocycles. The molecule has 0 amide bonds. The summed E-state index contributed by atoms with van der Waals surface area (Å²) in [6.45, 7) is 2.93. The number of hydrogen-bond donors (Lipinski definition) is 0. The summed E-state index contributed by atoms with van der Waals surface area (Å²) in [6.07, 6.45) is 6.34. The minimum absolute atomic E-state index is 0.523. The summed E-state index contributed by atoms with van der Waals surface area (Å²) in [5.41, 5.74) is 0. The van der Waals surface area contributed by atoms with Crippen LogP contribution in [-0.2, 0) is 6.42 Å². The van der Waals surface area contributed by atoms with Crippen molar-refractivity contribution in [2.75, 3.05) is 13.6 Å². The minimum atomic E-state index is 0.523. The molecule has 0 aromatic carbocycles. The number of likely N-dealkylation sites (N-methyl/N-ethyl adjacent to an activating group) is 1. The maximum Gasteiger partial charge on any atom is 0.0598 e. The molecule has 13 heavy (non-hydrogen) atoms. The van der Waals surface area contributed by atoms with Crippen LogP contribution in [0.5, 0.6) is 0 Å². The van der Waals surface area contributed by atoms with Crippen LogP contribution >= 0.6 is 11.3 Å². The van der Waals surface area contributed by atoms with Crippen molar-refractivity contribution in [2.45, 2.75) is 19.4 Å². The van der Waals surface area contributed by atoms with Gasteiger partial charge in [0.15, 0.2) is 0 Å². The van der Waals surface area contributed by atoms with Crippen molar-refractivity contribution in [3.63, 3.8) is 0 Å². The number of nitrogens with zero attached hydrogens (tertiary/aromatic N) is 1. The summed E-state index contributed by atoms with van der Waals surface area (Å²) in [4.78, 5) is 3.62. The van der Waals surface area contributed by atoms with Gasteiger partial charge < -0.3 is 0 Å². The topological polar surface area (TPSA) is 3.24 Å². The molecule has 1 rings (SSSR count). The zero-order chi connectivity index (χ0) is 9.68. The van der Waals surface area contributed by atoms with E-state index in [2.05, 4.69) is 42.3 Å². The van der Waals surface area contributed by atoms with E-state index in [9.17, 15) is 0 Å². The number of hydrogen-bond acceptors (Lipinski definition) is 2. The van der Waals surface area contributed by atoms with Crippen LogP contribution in [-0.4, -0.2) is 24.5 Å². The zero-order valence-electron chi connectivity index (χ0n) is 8.16. The number of thiophene rings is 1. The van der Waals surface area contributed by atoms with Crippen LogP contribution in [0, 0.1) is 12.3 Å². The largest absolute Gasteiger partial charge is 0.292 e. The summed E-state index contributed by atoms with van der Waals surface area (Å²) < 4.78 is 0. The number of terminal acetylenes is 1. The predicted octanol–water partition coefficient (Wildman–Crippen LogP) is 2.24. The average molecular weight is 193 g/mol. The summed E-state index contributed by atoms with van der Waals surface area (Å²) in [5.74, 6) is 2.66. The molecule has 0 saturated heterocycles. The lowest BCUT2D eigenvalue weighted by atomic mass is 10.2. The fourth-order valence-electron chi connectivity index (χ4n) is 1.18. The second kappa shape index (κ2) is 5.06. The van der Waals surface area contributed by atoms with Gasteiger partial charge in [0.2, 0.25) is 0 Å². The SMILES string of the molecule is C#CCN(C)C(C)Cc1cccs1. The third-order valence-electron chi connectivity index (χ3n) is 2.17. The van der Waals surface area contributed by atoms with Gasteiger partial charge in [-0.3, -0.25) is 4.90 Å². The molecule has 1 unspecified atom stereocenters. The Hall–Kier alpha value is -0.780. The first-order chi connectivity index (χ1) is 6.24. The quantitative estimate of drug-likeness (QED) is 0.663. The molecule has 70 valence electrons. The second-order valence-corrected chi connectivity index (χ2v) is 4.28. The van der Waals surface area contributed by atoms with Crippen molar-refractivity contribution < 1.29 is 0 Å². The molecule has 0 bridgehead atoms. The first-order valence-corrected chi connectivity index (χ1v) is 5.28. The molecular formula is C11H15NS. The van der Waals surface area contributed by atoms with Crippen molar-refractivity contribution in [1.82, 2.24) is 4.90 Å².